The van der Waals surface area contributed by atoms with Gasteiger partial charge in [0.05, 0.1) is 5.69 Å². The number of pyridine rings is 1. The Morgan fingerprint density at radius 3 is 2.70 bits per heavy atom. The predicted octanol–water partition coefficient (Wildman–Crippen LogP) is 7.95. The molecular formula is C26H23NOS2. The Labute approximate surface area is 184 Å². The molecule has 1 atom stereocenters. The molecule has 5 aromatic rings. The van der Waals surface area contributed by atoms with E-state index in [1.165, 1.54) is 46.9 Å². The van der Waals surface area contributed by atoms with Crippen LogP contribution in [-0.2, 0) is 11.8 Å². The Morgan fingerprint density at radius 2 is 1.87 bits per heavy atom. The van der Waals surface area contributed by atoms with E-state index < -0.39 is 0 Å². The van der Waals surface area contributed by atoms with Gasteiger partial charge in [-0.25, -0.2) is 0 Å². The van der Waals surface area contributed by atoms with Gasteiger partial charge in [0.1, 0.15) is 11.9 Å². The molecule has 1 aliphatic rings. The molecule has 6 rings (SSSR count). The number of hydrogen-bond acceptors (Lipinski definition) is 4. The molecule has 0 N–H and O–H groups in total. The molecule has 0 spiro atoms. The van der Waals surface area contributed by atoms with E-state index in [1.54, 1.807) is 0 Å². The highest BCUT2D eigenvalue weighted by molar-refractivity contribution is 7.26. The number of aromatic nitrogens is 1. The SMILES string of the molecule is CC1Cc2ccc3sc4ccnc(-c5cc(C(C)(C)C)c6sccc6c5)c4c3c2O1. The fourth-order valence-corrected chi connectivity index (χ4v) is 6.87. The third kappa shape index (κ3) is 2.63. The molecule has 0 saturated heterocycles. The summed E-state index contributed by atoms with van der Waals surface area (Å²) in [4.78, 5) is 4.91. The lowest BCUT2D eigenvalue weighted by atomic mass is 9.84. The molecule has 0 radical (unpaired) electrons. The first-order valence-electron chi connectivity index (χ1n) is 10.4. The average molecular weight is 430 g/mol. The molecule has 1 unspecified atom stereocenters. The van der Waals surface area contributed by atoms with Crippen LogP contribution in [0.3, 0.4) is 0 Å². The van der Waals surface area contributed by atoms with Gasteiger partial charge in [0.2, 0.25) is 0 Å². The van der Waals surface area contributed by atoms with E-state index in [-0.39, 0.29) is 11.5 Å². The Hall–Kier alpha value is -2.43. The van der Waals surface area contributed by atoms with E-state index >= 15 is 0 Å². The topological polar surface area (TPSA) is 22.1 Å². The summed E-state index contributed by atoms with van der Waals surface area (Å²) in [5.74, 6) is 1.06. The molecule has 0 bridgehead atoms. The van der Waals surface area contributed by atoms with Crippen LogP contribution in [-0.4, -0.2) is 11.1 Å². The summed E-state index contributed by atoms with van der Waals surface area (Å²) in [7, 11) is 0. The second-order valence-corrected chi connectivity index (χ2v) is 11.3. The van der Waals surface area contributed by atoms with E-state index in [2.05, 4.69) is 69.5 Å². The zero-order valence-electron chi connectivity index (χ0n) is 17.6. The lowest BCUT2D eigenvalue weighted by molar-refractivity contribution is 0.257. The number of rotatable bonds is 1. The molecule has 0 fully saturated rings. The summed E-state index contributed by atoms with van der Waals surface area (Å²) in [6, 6.07) is 13.5. The highest BCUT2D eigenvalue weighted by atomic mass is 32.1. The normalized spacial score (nSPS) is 16.5. The van der Waals surface area contributed by atoms with Gasteiger partial charge in [0, 0.05) is 43.1 Å². The van der Waals surface area contributed by atoms with Gasteiger partial charge in [0.25, 0.3) is 0 Å². The maximum absolute atomic E-state index is 6.29. The molecule has 30 heavy (non-hydrogen) atoms. The van der Waals surface area contributed by atoms with Crippen LogP contribution in [0, 0.1) is 0 Å². The third-order valence-corrected chi connectivity index (χ3v) is 8.13. The summed E-state index contributed by atoms with van der Waals surface area (Å²) in [6.45, 7) is 9.03. The maximum atomic E-state index is 6.29. The van der Waals surface area contributed by atoms with Crippen molar-refractivity contribution >= 4 is 52.9 Å². The summed E-state index contributed by atoms with van der Waals surface area (Å²) in [6.07, 6.45) is 3.16. The summed E-state index contributed by atoms with van der Waals surface area (Å²) in [5, 5.41) is 5.97. The van der Waals surface area contributed by atoms with Gasteiger partial charge in [-0.15, -0.1) is 22.7 Å². The van der Waals surface area contributed by atoms with Crippen LogP contribution in [0.1, 0.15) is 38.8 Å². The van der Waals surface area contributed by atoms with Gasteiger partial charge in [0.15, 0.2) is 0 Å². The fourth-order valence-electron chi connectivity index (χ4n) is 4.66. The lowest BCUT2D eigenvalue weighted by Crippen LogP contribution is -2.11. The van der Waals surface area contributed by atoms with Crippen molar-refractivity contribution in [3.05, 3.63) is 59.1 Å². The van der Waals surface area contributed by atoms with E-state index in [0.29, 0.717) is 0 Å². The Morgan fingerprint density at radius 1 is 1.03 bits per heavy atom. The minimum absolute atomic E-state index is 0.0729. The number of hydrogen-bond donors (Lipinski definition) is 0. The van der Waals surface area contributed by atoms with E-state index in [1.807, 2.05) is 28.9 Å². The Balaban J connectivity index is 1.71. The molecule has 2 aromatic carbocycles. The largest absolute Gasteiger partial charge is 0.489 e. The van der Waals surface area contributed by atoms with Crippen molar-refractivity contribution in [3.8, 4) is 17.0 Å². The summed E-state index contributed by atoms with van der Waals surface area (Å²) < 4.78 is 10.2. The molecule has 1 aliphatic heterocycles. The molecular weight excluding hydrogens is 406 g/mol. The van der Waals surface area contributed by atoms with Crippen molar-refractivity contribution in [2.45, 2.75) is 45.6 Å². The minimum Gasteiger partial charge on any atom is -0.489 e. The highest BCUT2D eigenvalue weighted by Gasteiger charge is 2.26. The maximum Gasteiger partial charge on any atom is 0.132 e. The van der Waals surface area contributed by atoms with Crippen LogP contribution in [0.5, 0.6) is 5.75 Å². The van der Waals surface area contributed by atoms with Crippen molar-refractivity contribution in [3.63, 3.8) is 0 Å². The standard InChI is InChI=1S/C26H23NOS2/c1-14-11-15-5-6-19-22(24(15)28-14)21-20(30-19)7-9-27-23(21)17-12-16-8-10-29-25(16)18(13-17)26(2,3)4/h5-10,12-14H,11H2,1-4H3. The molecule has 4 heteroatoms. The van der Waals surface area contributed by atoms with E-state index in [4.69, 9.17) is 9.72 Å². The number of thiophene rings is 2. The second kappa shape index (κ2) is 6.29. The van der Waals surface area contributed by atoms with Crippen molar-refractivity contribution < 1.29 is 4.74 Å². The van der Waals surface area contributed by atoms with Crippen molar-refractivity contribution in [2.75, 3.05) is 0 Å². The van der Waals surface area contributed by atoms with Crippen molar-refractivity contribution in [2.24, 2.45) is 0 Å². The van der Waals surface area contributed by atoms with Gasteiger partial charge < -0.3 is 4.74 Å². The molecule has 150 valence electrons. The van der Waals surface area contributed by atoms with Crippen molar-refractivity contribution in [1.29, 1.82) is 0 Å². The monoisotopic (exact) mass is 429 g/mol. The van der Waals surface area contributed by atoms with Crippen LogP contribution < -0.4 is 4.74 Å². The zero-order chi connectivity index (χ0) is 20.6. The number of benzene rings is 2. The molecule has 0 saturated carbocycles. The predicted molar refractivity (Wildman–Crippen MR) is 130 cm³/mol. The summed E-state index contributed by atoms with van der Waals surface area (Å²) in [5.41, 5.74) is 5.03. The molecule has 2 nitrogen and oxygen atoms in total. The van der Waals surface area contributed by atoms with Crippen molar-refractivity contribution in [1.82, 2.24) is 4.98 Å². The third-order valence-electron chi connectivity index (χ3n) is 6.04. The quantitative estimate of drug-likeness (QED) is 0.270. The lowest BCUT2D eigenvalue weighted by Gasteiger charge is -2.21. The van der Waals surface area contributed by atoms with Crippen LogP contribution in [0.25, 0.3) is 41.5 Å². The first-order valence-corrected chi connectivity index (χ1v) is 12.1. The highest BCUT2D eigenvalue weighted by Crippen LogP contribution is 2.47. The van der Waals surface area contributed by atoms with Gasteiger partial charge in [-0.05, 0) is 64.6 Å². The van der Waals surface area contributed by atoms with E-state index in [9.17, 15) is 0 Å². The molecule has 4 heterocycles. The Bertz CT molecular complexity index is 1450. The Kier molecular flexibility index (Phi) is 3.84. The first kappa shape index (κ1) is 18.3. The molecule has 3 aromatic heterocycles. The smallest absolute Gasteiger partial charge is 0.132 e. The van der Waals surface area contributed by atoms with Gasteiger partial charge >= 0.3 is 0 Å². The molecule has 0 amide bonds. The molecule has 0 aliphatic carbocycles. The van der Waals surface area contributed by atoms with Crippen LogP contribution in [0.4, 0.5) is 0 Å². The number of ether oxygens (including phenoxy) is 1. The first-order chi connectivity index (χ1) is 14.4. The summed E-state index contributed by atoms with van der Waals surface area (Å²) >= 11 is 3.67. The van der Waals surface area contributed by atoms with Gasteiger partial charge in [-0.3, -0.25) is 4.98 Å². The van der Waals surface area contributed by atoms with Crippen LogP contribution >= 0.6 is 22.7 Å². The van der Waals surface area contributed by atoms with Crippen LogP contribution in [0.15, 0.2) is 48.0 Å². The van der Waals surface area contributed by atoms with Gasteiger partial charge in [-0.1, -0.05) is 26.8 Å². The average Bonchev–Trinajstić information content (AvgIpc) is 3.40. The van der Waals surface area contributed by atoms with Gasteiger partial charge in [-0.2, -0.15) is 0 Å². The van der Waals surface area contributed by atoms with E-state index in [0.717, 1.165) is 17.9 Å². The van der Waals surface area contributed by atoms with Crippen LogP contribution in [0.2, 0.25) is 0 Å². The fraction of sp³-hybridized carbons (Fsp3) is 0.269. The second-order valence-electron chi connectivity index (χ2n) is 9.31. The number of nitrogens with zero attached hydrogens (tertiary/aromatic N) is 1. The zero-order valence-corrected chi connectivity index (χ0v) is 19.2. The number of fused-ring (bicyclic) bond motifs is 6. The minimum atomic E-state index is 0.0729.